The maximum Gasteiger partial charge on any atom is 0.255 e. The molecule has 0 bridgehead atoms. The van der Waals surface area contributed by atoms with E-state index in [9.17, 15) is 9.90 Å². The zero-order valence-corrected chi connectivity index (χ0v) is 10.8. The molecule has 0 saturated heterocycles. The number of aromatic nitrogens is 1. The molecule has 0 spiro atoms. The molecule has 2 atom stereocenters. The molecule has 1 N–H and O–H groups in total. The second-order valence-corrected chi connectivity index (χ2v) is 4.83. The van der Waals surface area contributed by atoms with Crippen molar-refractivity contribution in [2.75, 3.05) is 0 Å². The van der Waals surface area contributed by atoms with E-state index in [1.165, 1.54) is 10.6 Å². The molecule has 3 rings (SSSR count). The van der Waals surface area contributed by atoms with Crippen LogP contribution in [0.1, 0.15) is 13.8 Å². The fraction of sp³-hybridized carbons (Fsp3) is 0.286. The Morgan fingerprint density at radius 1 is 1.32 bits per heavy atom. The average Bonchev–Trinajstić information content (AvgIpc) is 2.67. The summed E-state index contributed by atoms with van der Waals surface area (Å²) in [6.07, 6.45) is 5.11. The van der Waals surface area contributed by atoms with Crippen LogP contribution in [0.25, 0.3) is 5.70 Å². The number of hydrogen-bond donors (Lipinski definition) is 1. The van der Waals surface area contributed by atoms with Gasteiger partial charge in [-0.1, -0.05) is 6.07 Å². The third-order valence-corrected chi connectivity index (χ3v) is 3.59. The number of fused-ring (bicyclic) bond motifs is 1. The van der Waals surface area contributed by atoms with Crippen molar-refractivity contribution in [1.29, 1.82) is 0 Å². The summed E-state index contributed by atoms with van der Waals surface area (Å²) in [4.78, 5) is 18.2. The molecule has 0 fully saturated rings. The van der Waals surface area contributed by atoms with Crippen LogP contribution in [0.2, 0.25) is 0 Å². The Kier molecular flexibility index (Phi) is 2.55. The van der Waals surface area contributed by atoms with Gasteiger partial charge in [0, 0.05) is 24.5 Å². The second kappa shape index (κ2) is 4.12. The molecule has 5 heteroatoms. The van der Waals surface area contributed by atoms with Gasteiger partial charge < -0.3 is 10.0 Å². The lowest BCUT2D eigenvalue weighted by atomic mass is 10.1. The number of nitrogens with zero attached hydrogens (tertiary/aromatic N) is 3. The van der Waals surface area contributed by atoms with Crippen LogP contribution in [0.15, 0.2) is 52.2 Å². The first-order valence-electron chi connectivity index (χ1n) is 6.25. The minimum absolute atomic E-state index is 0.101. The minimum Gasteiger partial charge on any atom is -0.504 e. The van der Waals surface area contributed by atoms with E-state index in [4.69, 9.17) is 0 Å². The average molecular weight is 257 g/mol. The van der Waals surface area contributed by atoms with Crippen molar-refractivity contribution in [2.45, 2.75) is 25.9 Å². The van der Waals surface area contributed by atoms with Crippen molar-refractivity contribution >= 4 is 11.5 Å². The van der Waals surface area contributed by atoms with Gasteiger partial charge in [-0.2, -0.15) is 0 Å². The molecule has 98 valence electrons. The number of aliphatic hydroxyl groups excluding tert-OH is 1. The summed E-state index contributed by atoms with van der Waals surface area (Å²) in [6, 6.07) is 5.26. The van der Waals surface area contributed by atoms with Gasteiger partial charge in [-0.15, -0.1) is 0 Å². The Morgan fingerprint density at radius 3 is 2.84 bits per heavy atom. The van der Waals surface area contributed by atoms with Crippen molar-refractivity contribution in [3.63, 3.8) is 0 Å². The number of allylic oxidation sites excluding steroid dienone is 2. The highest BCUT2D eigenvalue weighted by Gasteiger charge is 2.33. The van der Waals surface area contributed by atoms with Crippen LogP contribution in [0.3, 0.4) is 0 Å². The molecular weight excluding hydrogens is 242 g/mol. The Morgan fingerprint density at radius 2 is 2.11 bits per heavy atom. The van der Waals surface area contributed by atoms with E-state index >= 15 is 0 Å². The third-order valence-electron chi connectivity index (χ3n) is 3.59. The summed E-state index contributed by atoms with van der Waals surface area (Å²) in [6.45, 7) is 4.05. The van der Waals surface area contributed by atoms with Crippen LogP contribution in [-0.4, -0.2) is 32.5 Å². The molecule has 3 heterocycles. The molecule has 19 heavy (non-hydrogen) atoms. The zero-order chi connectivity index (χ0) is 13.6. The van der Waals surface area contributed by atoms with Crippen LogP contribution >= 0.6 is 0 Å². The largest absolute Gasteiger partial charge is 0.504 e. The lowest BCUT2D eigenvalue weighted by Gasteiger charge is -2.26. The topological polar surface area (TPSA) is 57.8 Å². The van der Waals surface area contributed by atoms with E-state index in [1.807, 2.05) is 24.9 Å². The second-order valence-electron chi connectivity index (χ2n) is 4.83. The van der Waals surface area contributed by atoms with Crippen LogP contribution < -0.4 is 5.56 Å². The van der Waals surface area contributed by atoms with Gasteiger partial charge in [-0.05, 0) is 19.9 Å². The predicted molar refractivity (Wildman–Crippen MR) is 73.9 cm³/mol. The number of pyridine rings is 1. The molecule has 2 unspecified atom stereocenters. The van der Waals surface area contributed by atoms with E-state index in [-0.39, 0.29) is 23.4 Å². The van der Waals surface area contributed by atoms with Gasteiger partial charge in [-0.3, -0.25) is 14.4 Å². The smallest absolute Gasteiger partial charge is 0.255 e. The molecule has 0 radical (unpaired) electrons. The highest BCUT2D eigenvalue weighted by atomic mass is 16.3. The summed E-state index contributed by atoms with van der Waals surface area (Å²) in [5, 5.41) is 10.1. The Bertz CT molecular complexity index is 669. The molecule has 2 aliphatic heterocycles. The zero-order valence-electron chi connectivity index (χ0n) is 10.8. The van der Waals surface area contributed by atoms with Crippen molar-refractivity contribution in [3.05, 3.63) is 52.8 Å². The molecule has 1 aromatic rings. The Labute approximate surface area is 110 Å². The van der Waals surface area contributed by atoms with E-state index in [0.717, 1.165) is 0 Å². The first kappa shape index (κ1) is 11.8. The van der Waals surface area contributed by atoms with Gasteiger partial charge in [0.2, 0.25) is 0 Å². The van der Waals surface area contributed by atoms with E-state index in [0.29, 0.717) is 11.5 Å². The molecule has 5 nitrogen and oxygen atoms in total. The highest BCUT2D eigenvalue weighted by molar-refractivity contribution is 6.02. The Hall–Kier alpha value is -2.30. The Balaban J connectivity index is 2.09. The quantitative estimate of drug-likeness (QED) is 0.831. The lowest BCUT2D eigenvalue weighted by Crippen LogP contribution is -2.36. The molecule has 0 aliphatic carbocycles. The fourth-order valence-corrected chi connectivity index (χ4v) is 2.33. The van der Waals surface area contributed by atoms with Crippen molar-refractivity contribution in [3.8, 4) is 0 Å². The first-order chi connectivity index (χ1) is 9.08. The summed E-state index contributed by atoms with van der Waals surface area (Å²) < 4.78 is 1.50. The fourth-order valence-electron chi connectivity index (χ4n) is 2.33. The SMILES string of the molecule is CC1N=C2C(O)=CC(n3ccccc3=O)=CN2C1C. The maximum atomic E-state index is 11.8. The molecular formula is C14H15N3O2. The molecule has 1 aromatic heterocycles. The van der Waals surface area contributed by atoms with Crippen LogP contribution in [0, 0.1) is 0 Å². The van der Waals surface area contributed by atoms with Gasteiger partial charge in [0.15, 0.2) is 11.6 Å². The van der Waals surface area contributed by atoms with Gasteiger partial charge in [0.1, 0.15) is 0 Å². The van der Waals surface area contributed by atoms with E-state index in [1.54, 1.807) is 24.4 Å². The van der Waals surface area contributed by atoms with Gasteiger partial charge in [-0.25, -0.2) is 0 Å². The van der Waals surface area contributed by atoms with Crippen LogP contribution in [-0.2, 0) is 0 Å². The normalized spacial score (nSPS) is 25.6. The standard InChI is InChI=1S/C14H15N3O2/c1-9-10(2)17-8-11(7-12(18)14(17)15-9)16-6-4-3-5-13(16)19/h3-10,18H,1-2H3. The summed E-state index contributed by atoms with van der Waals surface area (Å²) in [5.41, 5.74) is 0.515. The number of aliphatic hydroxyl groups is 1. The van der Waals surface area contributed by atoms with Crippen molar-refractivity contribution < 1.29 is 5.11 Å². The van der Waals surface area contributed by atoms with Gasteiger partial charge in [0.05, 0.1) is 17.8 Å². The van der Waals surface area contributed by atoms with Crippen molar-refractivity contribution in [2.24, 2.45) is 4.99 Å². The van der Waals surface area contributed by atoms with Gasteiger partial charge >= 0.3 is 0 Å². The lowest BCUT2D eigenvalue weighted by molar-refractivity contribution is 0.387. The van der Waals surface area contributed by atoms with Crippen LogP contribution in [0.4, 0.5) is 0 Å². The van der Waals surface area contributed by atoms with E-state index in [2.05, 4.69) is 4.99 Å². The number of amidine groups is 1. The van der Waals surface area contributed by atoms with Crippen molar-refractivity contribution in [1.82, 2.24) is 9.47 Å². The monoisotopic (exact) mass is 257 g/mol. The molecule has 0 amide bonds. The summed E-state index contributed by atoms with van der Waals surface area (Å²) in [7, 11) is 0. The summed E-state index contributed by atoms with van der Waals surface area (Å²) in [5.74, 6) is 0.678. The molecule has 0 aromatic carbocycles. The number of hydrogen-bond acceptors (Lipinski definition) is 4. The van der Waals surface area contributed by atoms with Gasteiger partial charge in [0.25, 0.3) is 5.56 Å². The first-order valence-corrected chi connectivity index (χ1v) is 6.25. The highest BCUT2D eigenvalue weighted by Crippen LogP contribution is 2.26. The summed E-state index contributed by atoms with van der Waals surface area (Å²) >= 11 is 0. The van der Waals surface area contributed by atoms with E-state index < -0.39 is 0 Å². The third kappa shape index (κ3) is 1.78. The maximum absolute atomic E-state index is 11.8. The predicted octanol–water partition coefficient (Wildman–Crippen LogP) is 1.59. The molecule has 0 saturated carbocycles. The number of rotatable bonds is 1. The molecule has 2 aliphatic rings. The van der Waals surface area contributed by atoms with Crippen LogP contribution in [0.5, 0.6) is 0 Å². The number of aliphatic imine (C=N–C) groups is 1. The minimum atomic E-state index is -0.127.